The Morgan fingerprint density at radius 3 is 2.65 bits per heavy atom. The quantitative estimate of drug-likeness (QED) is 0.240. The first-order valence-electron chi connectivity index (χ1n) is 10.8. The van der Waals surface area contributed by atoms with Crippen LogP contribution in [0.25, 0.3) is 0 Å². The van der Waals surface area contributed by atoms with Crippen molar-refractivity contribution in [1.82, 2.24) is 25.0 Å². The van der Waals surface area contributed by atoms with Crippen LogP contribution in [0.15, 0.2) is 41.7 Å². The lowest BCUT2D eigenvalue weighted by Gasteiger charge is -2.33. The Morgan fingerprint density at radius 1 is 1.23 bits per heavy atom. The molecule has 0 spiro atoms. The van der Waals surface area contributed by atoms with Gasteiger partial charge in [0, 0.05) is 32.6 Å². The second kappa shape index (κ2) is 13.3. The zero-order valence-electron chi connectivity index (χ0n) is 18.4. The normalized spacial score (nSPS) is 14.8. The van der Waals surface area contributed by atoms with Crippen molar-refractivity contribution in [3.05, 3.63) is 48.0 Å². The van der Waals surface area contributed by atoms with Crippen molar-refractivity contribution in [3.63, 3.8) is 0 Å². The van der Waals surface area contributed by atoms with E-state index in [0.717, 1.165) is 57.2 Å². The molecule has 170 valence electrons. The van der Waals surface area contributed by atoms with Gasteiger partial charge in [-0.15, -0.1) is 34.2 Å². The zero-order chi connectivity index (χ0) is 21.2. The van der Waals surface area contributed by atoms with E-state index in [1.807, 2.05) is 25.1 Å². The van der Waals surface area contributed by atoms with Gasteiger partial charge in [0.15, 0.2) is 5.96 Å². The standard InChI is InChI=1S/C22H32N6O2.HI/c1-3-20-26-25-17-28(20)15-12-23-22(24-16-18-8-6-5-7-9-18)27-13-10-19(11-14-27)21(29)30-4-2;/h5-9,17,19H,3-4,10-16H2,1-2H3,(H,23,24);1H. The molecule has 0 bridgehead atoms. The van der Waals surface area contributed by atoms with Crippen molar-refractivity contribution >= 4 is 35.9 Å². The molecule has 3 rings (SSSR count). The summed E-state index contributed by atoms with van der Waals surface area (Å²) < 4.78 is 7.26. The van der Waals surface area contributed by atoms with E-state index in [1.54, 1.807) is 6.33 Å². The summed E-state index contributed by atoms with van der Waals surface area (Å²) in [7, 11) is 0. The third-order valence-electron chi connectivity index (χ3n) is 5.32. The Balaban J connectivity index is 0.00000341. The largest absolute Gasteiger partial charge is 0.466 e. The van der Waals surface area contributed by atoms with E-state index >= 15 is 0 Å². The van der Waals surface area contributed by atoms with Gasteiger partial charge >= 0.3 is 5.97 Å². The maximum Gasteiger partial charge on any atom is 0.309 e. The van der Waals surface area contributed by atoms with Crippen molar-refractivity contribution in [2.75, 3.05) is 26.2 Å². The molecule has 0 atom stereocenters. The van der Waals surface area contributed by atoms with E-state index in [9.17, 15) is 4.79 Å². The van der Waals surface area contributed by atoms with Gasteiger partial charge in [0.1, 0.15) is 12.2 Å². The second-order valence-corrected chi connectivity index (χ2v) is 7.36. The summed E-state index contributed by atoms with van der Waals surface area (Å²) in [5.74, 6) is 1.77. The van der Waals surface area contributed by atoms with Gasteiger partial charge in [-0.2, -0.15) is 0 Å². The predicted molar refractivity (Wildman–Crippen MR) is 131 cm³/mol. The van der Waals surface area contributed by atoms with Gasteiger partial charge in [0.05, 0.1) is 19.1 Å². The minimum absolute atomic E-state index is 0. The lowest BCUT2D eigenvalue weighted by Crippen LogP contribution is -2.47. The number of rotatable bonds is 8. The highest BCUT2D eigenvalue weighted by atomic mass is 127. The van der Waals surface area contributed by atoms with Crippen LogP contribution in [-0.4, -0.2) is 57.8 Å². The van der Waals surface area contributed by atoms with Crippen LogP contribution in [0.1, 0.15) is 38.1 Å². The molecule has 1 aromatic heterocycles. The number of carbonyl (C=O) groups excluding carboxylic acids is 1. The molecule has 1 saturated heterocycles. The molecule has 1 aromatic carbocycles. The van der Waals surface area contributed by atoms with Gasteiger partial charge < -0.3 is 19.5 Å². The van der Waals surface area contributed by atoms with Crippen LogP contribution in [0.5, 0.6) is 0 Å². The van der Waals surface area contributed by atoms with Crippen LogP contribution in [0, 0.1) is 5.92 Å². The number of carbonyl (C=O) groups is 1. The number of benzene rings is 1. The Morgan fingerprint density at radius 2 is 1.97 bits per heavy atom. The number of aromatic nitrogens is 3. The number of hydrogen-bond acceptors (Lipinski definition) is 5. The third kappa shape index (κ3) is 7.48. The number of aliphatic imine (C=N–C) groups is 1. The molecule has 9 heteroatoms. The van der Waals surface area contributed by atoms with Crippen molar-refractivity contribution < 1.29 is 9.53 Å². The summed E-state index contributed by atoms with van der Waals surface area (Å²) in [6, 6.07) is 10.2. The topological polar surface area (TPSA) is 84.6 Å². The van der Waals surface area contributed by atoms with Gasteiger partial charge in [-0.05, 0) is 25.3 Å². The number of piperidine rings is 1. The van der Waals surface area contributed by atoms with Gasteiger partial charge in [-0.1, -0.05) is 37.3 Å². The van der Waals surface area contributed by atoms with Crippen molar-refractivity contribution in [2.45, 2.75) is 46.2 Å². The van der Waals surface area contributed by atoms with Crippen LogP contribution < -0.4 is 5.32 Å². The van der Waals surface area contributed by atoms with Crippen LogP contribution in [-0.2, 0) is 29.0 Å². The molecule has 0 saturated carbocycles. The average Bonchev–Trinajstić information content (AvgIpc) is 3.24. The number of halogens is 1. The number of esters is 1. The van der Waals surface area contributed by atoms with E-state index in [2.05, 4.69) is 44.0 Å². The monoisotopic (exact) mass is 540 g/mol. The molecule has 2 heterocycles. The van der Waals surface area contributed by atoms with E-state index < -0.39 is 0 Å². The molecule has 1 N–H and O–H groups in total. The Hall–Kier alpha value is -2.17. The summed E-state index contributed by atoms with van der Waals surface area (Å²) in [5.41, 5.74) is 1.17. The maximum absolute atomic E-state index is 12.0. The first kappa shape index (κ1) is 25.1. The summed E-state index contributed by atoms with van der Waals surface area (Å²) in [5, 5.41) is 11.6. The second-order valence-electron chi connectivity index (χ2n) is 7.36. The zero-order valence-corrected chi connectivity index (χ0v) is 20.7. The highest BCUT2D eigenvalue weighted by Crippen LogP contribution is 2.19. The van der Waals surface area contributed by atoms with Crippen LogP contribution in [0.3, 0.4) is 0 Å². The van der Waals surface area contributed by atoms with Crippen molar-refractivity contribution in [1.29, 1.82) is 0 Å². The van der Waals surface area contributed by atoms with Gasteiger partial charge in [0.25, 0.3) is 0 Å². The summed E-state index contributed by atoms with van der Waals surface area (Å²) in [6.07, 6.45) is 4.20. The van der Waals surface area contributed by atoms with Crippen LogP contribution in [0.4, 0.5) is 0 Å². The molecular weight excluding hydrogens is 507 g/mol. The van der Waals surface area contributed by atoms with Gasteiger partial charge in [-0.3, -0.25) is 4.79 Å². The lowest BCUT2D eigenvalue weighted by molar-refractivity contribution is -0.149. The fraction of sp³-hybridized carbons (Fsp3) is 0.545. The van der Waals surface area contributed by atoms with Crippen molar-refractivity contribution in [2.24, 2.45) is 10.9 Å². The third-order valence-corrected chi connectivity index (χ3v) is 5.32. The molecule has 0 unspecified atom stereocenters. The van der Waals surface area contributed by atoms with Gasteiger partial charge in [0.2, 0.25) is 0 Å². The van der Waals surface area contributed by atoms with E-state index in [4.69, 9.17) is 9.73 Å². The number of ether oxygens (including phenoxy) is 1. The SMILES string of the molecule is CCOC(=O)C1CCN(C(=NCc2ccccc2)NCCn2cnnc2CC)CC1.I. The van der Waals surface area contributed by atoms with E-state index in [0.29, 0.717) is 13.2 Å². The van der Waals surface area contributed by atoms with E-state index in [1.165, 1.54) is 5.56 Å². The number of likely N-dealkylation sites (tertiary alicyclic amines) is 1. The minimum atomic E-state index is -0.0763. The number of nitrogens with zero attached hydrogens (tertiary/aromatic N) is 5. The number of nitrogens with one attached hydrogen (secondary N) is 1. The molecule has 0 radical (unpaired) electrons. The molecule has 0 aliphatic carbocycles. The molecule has 8 nitrogen and oxygen atoms in total. The summed E-state index contributed by atoms with van der Waals surface area (Å²) >= 11 is 0. The van der Waals surface area contributed by atoms with Crippen molar-refractivity contribution in [3.8, 4) is 0 Å². The van der Waals surface area contributed by atoms with Gasteiger partial charge in [-0.25, -0.2) is 4.99 Å². The molecule has 1 fully saturated rings. The average molecular weight is 540 g/mol. The highest BCUT2D eigenvalue weighted by Gasteiger charge is 2.27. The van der Waals surface area contributed by atoms with Crippen LogP contribution >= 0.6 is 24.0 Å². The number of aryl methyl sites for hydroxylation is 1. The molecule has 1 aliphatic heterocycles. The van der Waals surface area contributed by atoms with Crippen LogP contribution in [0.2, 0.25) is 0 Å². The maximum atomic E-state index is 12.0. The van der Waals surface area contributed by atoms with E-state index in [-0.39, 0.29) is 35.9 Å². The highest BCUT2D eigenvalue weighted by molar-refractivity contribution is 14.0. The molecular formula is C22H33IN6O2. The number of guanidine groups is 1. The molecule has 1 aliphatic rings. The molecule has 31 heavy (non-hydrogen) atoms. The Labute approximate surface area is 201 Å². The summed E-state index contributed by atoms with van der Waals surface area (Å²) in [4.78, 5) is 19.1. The molecule has 0 amide bonds. The first-order valence-corrected chi connectivity index (χ1v) is 10.8. The fourth-order valence-corrected chi connectivity index (χ4v) is 3.63. The number of hydrogen-bond donors (Lipinski definition) is 1. The predicted octanol–water partition coefficient (Wildman–Crippen LogP) is 2.88. The lowest BCUT2D eigenvalue weighted by atomic mass is 9.97. The Bertz CT molecular complexity index is 818. The minimum Gasteiger partial charge on any atom is -0.466 e. The molecule has 2 aromatic rings. The smallest absolute Gasteiger partial charge is 0.309 e. The fourth-order valence-electron chi connectivity index (χ4n) is 3.63. The summed E-state index contributed by atoms with van der Waals surface area (Å²) in [6.45, 7) is 8.07. The first-order chi connectivity index (χ1) is 14.7. The Kier molecular flexibility index (Phi) is 10.8.